The predicted octanol–water partition coefficient (Wildman–Crippen LogP) is 2.59. The van der Waals surface area contributed by atoms with Crippen molar-refractivity contribution in [2.75, 3.05) is 18.4 Å². The number of anilines is 1. The minimum absolute atomic E-state index is 0.0384. The van der Waals surface area contributed by atoms with Gasteiger partial charge in [0, 0.05) is 18.2 Å². The number of carbonyl (C=O) groups excluding carboxylic acids is 1. The topological polar surface area (TPSA) is 67.2 Å². The summed E-state index contributed by atoms with van der Waals surface area (Å²) in [6.07, 6.45) is 2.64. The summed E-state index contributed by atoms with van der Waals surface area (Å²) < 4.78 is 5.18. The average molecular weight is 273 g/mol. The van der Waals surface area contributed by atoms with E-state index >= 15 is 0 Å². The van der Waals surface area contributed by atoms with E-state index in [-0.39, 0.29) is 5.91 Å². The van der Waals surface area contributed by atoms with Crippen molar-refractivity contribution in [3.63, 3.8) is 0 Å². The highest BCUT2D eigenvalue weighted by atomic mass is 16.3. The van der Waals surface area contributed by atoms with Crippen molar-refractivity contribution in [3.8, 4) is 11.3 Å². The van der Waals surface area contributed by atoms with Crippen molar-refractivity contribution < 1.29 is 9.21 Å². The second-order valence-corrected chi connectivity index (χ2v) is 4.55. The minimum atomic E-state index is -0.0384. The second-order valence-electron chi connectivity index (χ2n) is 4.55. The maximum absolute atomic E-state index is 11.6. The molecule has 5 nitrogen and oxygen atoms in total. The number of carbonyl (C=O) groups is 1. The van der Waals surface area contributed by atoms with Gasteiger partial charge in [-0.05, 0) is 25.1 Å². The van der Waals surface area contributed by atoms with Crippen LogP contribution in [0.3, 0.4) is 0 Å². The Balaban J connectivity index is 1.93. The van der Waals surface area contributed by atoms with Gasteiger partial charge in [0.1, 0.15) is 12.0 Å². The number of nitrogens with one attached hydrogen (secondary N) is 2. The van der Waals surface area contributed by atoms with Gasteiger partial charge in [0.05, 0.1) is 6.54 Å². The second kappa shape index (κ2) is 6.86. The summed E-state index contributed by atoms with van der Waals surface area (Å²) in [6.45, 7) is 5.05. The lowest BCUT2D eigenvalue weighted by molar-refractivity contribution is -0.115. The first-order chi connectivity index (χ1) is 9.69. The average Bonchev–Trinajstić information content (AvgIpc) is 2.86. The normalized spacial score (nSPS) is 10.5. The van der Waals surface area contributed by atoms with E-state index in [0.29, 0.717) is 12.4 Å². The van der Waals surface area contributed by atoms with E-state index in [4.69, 9.17) is 4.42 Å². The summed E-state index contributed by atoms with van der Waals surface area (Å²) >= 11 is 0. The zero-order valence-electron chi connectivity index (χ0n) is 11.8. The zero-order chi connectivity index (χ0) is 14.4. The molecule has 1 heterocycles. The fourth-order valence-electron chi connectivity index (χ4n) is 1.80. The van der Waals surface area contributed by atoms with Crippen LogP contribution in [-0.4, -0.2) is 24.0 Å². The van der Waals surface area contributed by atoms with E-state index in [2.05, 4.69) is 22.5 Å². The molecule has 1 amide bonds. The number of rotatable bonds is 6. The number of hydrogen-bond donors (Lipinski definition) is 2. The largest absolute Gasteiger partial charge is 0.449 e. The van der Waals surface area contributed by atoms with Crippen LogP contribution in [-0.2, 0) is 4.79 Å². The highest BCUT2D eigenvalue weighted by Gasteiger charge is 2.05. The Labute approximate surface area is 118 Å². The van der Waals surface area contributed by atoms with Crippen LogP contribution in [0.25, 0.3) is 11.3 Å². The molecule has 0 aliphatic rings. The first kappa shape index (κ1) is 14.3. The molecule has 20 heavy (non-hydrogen) atoms. The molecule has 0 saturated heterocycles. The van der Waals surface area contributed by atoms with Gasteiger partial charge in [-0.3, -0.25) is 4.79 Å². The van der Waals surface area contributed by atoms with E-state index < -0.39 is 0 Å². The molecule has 0 radical (unpaired) electrons. The van der Waals surface area contributed by atoms with E-state index in [1.165, 1.54) is 0 Å². The fraction of sp³-hybridized carbons (Fsp3) is 0.333. The van der Waals surface area contributed by atoms with Gasteiger partial charge in [-0.1, -0.05) is 19.1 Å². The fourth-order valence-corrected chi connectivity index (χ4v) is 1.80. The van der Waals surface area contributed by atoms with Crippen molar-refractivity contribution in [3.05, 3.63) is 36.4 Å². The van der Waals surface area contributed by atoms with Crippen LogP contribution in [0.1, 0.15) is 19.2 Å². The molecule has 0 bridgehead atoms. The zero-order valence-corrected chi connectivity index (χ0v) is 11.8. The first-order valence-electron chi connectivity index (χ1n) is 6.72. The van der Waals surface area contributed by atoms with Crippen molar-refractivity contribution >= 4 is 11.6 Å². The Morgan fingerprint density at radius 3 is 2.65 bits per heavy atom. The number of aromatic nitrogens is 1. The van der Waals surface area contributed by atoms with Gasteiger partial charge in [0.25, 0.3) is 0 Å². The standard InChI is InChI=1S/C15H19N3O2/c1-3-8-16-9-15(19)18-13-6-4-12(5-7-13)14-10-20-11(2)17-14/h4-7,10,16H,3,8-9H2,1-2H3,(H,18,19). The van der Waals surface area contributed by atoms with Crippen LogP contribution >= 0.6 is 0 Å². The third-order valence-corrected chi connectivity index (χ3v) is 2.80. The molecular weight excluding hydrogens is 254 g/mol. The van der Waals surface area contributed by atoms with Crippen molar-refractivity contribution in [2.24, 2.45) is 0 Å². The molecule has 5 heteroatoms. The van der Waals surface area contributed by atoms with Gasteiger partial charge in [-0.15, -0.1) is 0 Å². The molecule has 0 aliphatic heterocycles. The van der Waals surface area contributed by atoms with Crippen LogP contribution < -0.4 is 10.6 Å². The van der Waals surface area contributed by atoms with Crippen molar-refractivity contribution in [1.82, 2.24) is 10.3 Å². The summed E-state index contributed by atoms with van der Waals surface area (Å²) in [4.78, 5) is 15.9. The molecule has 0 spiro atoms. The highest BCUT2D eigenvalue weighted by molar-refractivity contribution is 5.92. The molecule has 2 rings (SSSR count). The van der Waals surface area contributed by atoms with Crippen LogP contribution in [0.15, 0.2) is 34.9 Å². The van der Waals surface area contributed by atoms with Gasteiger partial charge in [-0.2, -0.15) is 0 Å². The van der Waals surface area contributed by atoms with Gasteiger partial charge in [-0.25, -0.2) is 4.98 Å². The maximum Gasteiger partial charge on any atom is 0.238 e. The van der Waals surface area contributed by atoms with E-state index in [1.807, 2.05) is 24.3 Å². The summed E-state index contributed by atoms with van der Waals surface area (Å²) in [7, 11) is 0. The Bertz CT molecular complexity index is 561. The summed E-state index contributed by atoms with van der Waals surface area (Å²) in [5.41, 5.74) is 2.53. The van der Waals surface area contributed by atoms with E-state index in [0.717, 1.165) is 29.9 Å². The van der Waals surface area contributed by atoms with Gasteiger partial charge in [0.15, 0.2) is 5.89 Å². The van der Waals surface area contributed by atoms with E-state index in [9.17, 15) is 4.79 Å². The van der Waals surface area contributed by atoms with Crippen molar-refractivity contribution in [1.29, 1.82) is 0 Å². The number of aryl methyl sites for hydroxylation is 1. The lowest BCUT2D eigenvalue weighted by Crippen LogP contribution is -2.28. The van der Waals surface area contributed by atoms with Crippen molar-refractivity contribution in [2.45, 2.75) is 20.3 Å². The number of nitrogens with zero attached hydrogens (tertiary/aromatic N) is 1. The monoisotopic (exact) mass is 273 g/mol. The SMILES string of the molecule is CCCNCC(=O)Nc1ccc(-c2coc(C)n2)cc1. The third kappa shape index (κ3) is 3.93. The quantitative estimate of drug-likeness (QED) is 0.794. The molecule has 0 aliphatic carbocycles. The van der Waals surface area contributed by atoms with Gasteiger partial charge < -0.3 is 15.1 Å². The first-order valence-corrected chi connectivity index (χ1v) is 6.72. The molecule has 0 unspecified atom stereocenters. The Kier molecular flexibility index (Phi) is 4.90. The number of hydrogen-bond acceptors (Lipinski definition) is 4. The lowest BCUT2D eigenvalue weighted by Gasteiger charge is -2.06. The molecule has 2 N–H and O–H groups in total. The summed E-state index contributed by atoms with van der Waals surface area (Å²) in [5.74, 6) is 0.600. The Morgan fingerprint density at radius 2 is 2.05 bits per heavy atom. The van der Waals surface area contributed by atoms with Crippen LogP contribution in [0.5, 0.6) is 0 Å². The Morgan fingerprint density at radius 1 is 1.30 bits per heavy atom. The molecule has 106 valence electrons. The third-order valence-electron chi connectivity index (χ3n) is 2.80. The molecule has 1 aromatic carbocycles. The number of benzene rings is 1. The van der Waals surface area contributed by atoms with Crippen LogP contribution in [0, 0.1) is 6.92 Å². The van der Waals surface area contributed by atoms with Crippen LogP contribution in [0.4, 0.5) is 5.69 Å². The summed E-state index contributed by atoms with van der Waals surface area (Å²) in [6, 6.07) is 7.53. The van der Waals surface area contributed by atoms with Gasteiger partial charge >= 0.3 is 0 Å². The maximum atomic E-state index is 11.6. The predicted molar refractivity (Wildman–Crippen MR) is 78.5 cm³/mol. The number of amides is 1. The molecule has 2 aromatic rings. The Hall–Kier alpha value is -2.14. The summed E-state index contributed by atoms with van der Waals surface area (Å²) in [5, 5.41) is 5.90. The molecule has 0 atom stereocenters. The minimum Gasteiger partial charge on any atom is -0.449 e. The lowest BCUT2D eigenvalue weighted by atomic mass is 10.1. The highest BCUT2D eigenvalue weighted by Crippen LogP contribution is 2.20. The van der Waals surface area contributed by atoms with Crippen LogP contribution in [0.2, 0.25) is 0 Å². The van der Waals surface area contributed by atoms with Gasteiger partial charge in [0.2, 0.25) is 5.91 Å². The molecule has 0 saturated carbocycles. The molecular formula is C15H19N3O2. The molecule has 0 fully saturated rings. The number of oxazole rings is 1. The molecule has 1 aromatic heterocycles. The smallest absolute Gasteiger partial charge is 0.238 e. The van der Waals surface area contributed by atoms with E-state index in [1.54, 1.807) is 13.2 Å².